The summed E-state index contributed by atoms with van der Waals surface area (Å²) >= 11 is 0. The second-order valence-electron chi connectivity index (χ2n) is 11.1. The van der Waals surface area contributed by atoms with Gasteiger partial charge in [0.15, 0.2) is 5.82 Å². The summed E-state index contributed by atoms with van der Waals surface area (Å²) in [4.78, 5) is 34.8. The van der Waals surface area contributed by atoms with Crippen LogP contribution in [0.4, 0.5) is 30.7 Å². The topological polar surface area (TPSA) is 90.9 Å². The molecule has 1 aliphatic heterocycles. The van der Waals surface area contributed by atoms with E-state index < -0.39 is 35.2 Å². The molecule has 8 nitrogen and oxygen atoms in total. The van der Waals surface area contributed by atoms with Gasteiger partial charge >= 0.3 is 12.4 Å². The van der Waals surface area contributed by atoms with Crippen molar-refractivity contribution >= 4 is 16.9 Å². The molecule has 0 radical (unpaired) electrons. The third-order valence-corrected chi connectivity index (χ3v) is 8.40. The number of halogens is 7. The summed E-state index contributed by atoms with van der Waals surface area (Å²) in [6.07, 6.45) is -7.00. The molecule has 0 bridgehead atoms. The van der Waals surface area contributed by atoms with Gasteiger partial charge in [-0.25, -0.2) is 19.3 Å². The van der Waals surface area contributed by atoms with Crippen LogP contribution < -0.4 is 0 Å². The van der Waals surface area contributed by atoms with Gasteiger partial charge in [-0.15, -0.1) is 0 Å². The SMILES string of the molecule is CC(c1ccnc(Cc2nc3c(F)c(-c4cc(C(F)(F)F)ncn4)ccc3[nH]2)c1)N1CCN(C(=O)C2(C(F)(F)F)CC2)CC1. The minimum absolute atomic E-state index is 0.0555. The predicted molar refractivity (Wildman–Crippen MR) is 143 cm³/mol. The smallest absolute Gasteiger partial charge is 0.342 e. The lowest BCUT2D eigenvalue weighted by Crippen LogP contribution is -2.53. The molecule has 6 rings (SSSR count). The first-order valence-corrected chi connectivity index (χ1v) is 13.9. The van der Waals surface area contributed by atoms with Gasteiger partial charge in [0.05, 0.1) is 11.2 Å². The van der Waals surface area contributed by atoms with E-state index in [-0.39, 0.29) is 55.2 Å². The maximum absolute atomic E-state index is 15.4. The molecule has 1 saturated heterocycles. The number of rotatable bonds is 6. The number of benzene rings is 1. The number of hydrogen-bond donors (Lipinski definition) is 1. The number of imidazole rings is 1. The molecule has 1 atom stereocenters. The maximum atomic E-state index is 15.4. The molecule has 3 aromatic heterocycles. The summed E-state index contributed by atoms with van der Waals surface area (Å²) in [6, 6.07) is 7.09. The van der Waals surface area contributed by atoms with Crippen LogP contribution in [-0.2, 0) is 17.4 Å². The van der Waals surface area contributed by atoms with Crippen molar-refractivity contribution in [3.63, 3.8) is 0 Å². The molecule has 15 heteroatoms. The van der Waals surface area contributed by atoms with Gasteiger partial charge in [0.1, 0.15) is 28.8 Å². The van der Waals surface area contributed by atoms with Gasteiger partial charge in [-0.05, 0) is 55.7 Å². The number of hydrogen-bond acceptors (Lipinski definition) is 6. The second kappa shape index (κ2) is 10.8. The molecule has 4 heterocycles. The Morgan fingerprint density at radius 3 is 2.39 bits per heavy atom. The quantitative estimate of drug-likeness (QED) is 0.278. The first-order chi connectivity index (χ1) is 20.8. The highest BCUT2D eigenvalue weighted by molar-refractivity contribution is 5.86. The van der Waals surface area contributed by atoms with Crippen LogP contribution in [0.2, 0.25) is 0 Å². The molecule has 2 fully saturated rings. The largest absolute Gasteiger partial charge is 0.433 e. The molecule has 1 amide bonds. The lowest BCUT2D eigenvalue weighted by Gasteiger charge is -2.39. The number of nitrogens with one attached hydrogen (secondary N) is 1. The number of H-pyrrole nitrogens is 1. The summed E-state index contributed by atoms with van der Waals surface area (Å²) < 4.78 is 94.9. The van der Waals surface area contributed by atoms with Crippen LogP contribution >= 0.6 is 0 Å². The van der Waals surface area contributed by atoms with Crippen molar-refractivity contribution in [2.45, 2.75) is 44.6 Å². The standard InChI is InChI=1S/C29H26F7N7O/c1-16(42-8-10-43(11-9-42)26(44)27(5-6-27)29(34,35)36)17-4-7-37-18(12-17)13-23-40-20-3-2-19(24(30)25(20)41-23)21-14-22(28(31,32)33)39-15-38-21/h2-4,7,12,14-16H,5-6,8-11,13H2,1H3,(H,40,41). The number of aromatic nitrogens is 5. The van der Waals surface area contributed by atoms with Gasteiger partial charge in [-0.3, -0.25) is 14.7 Å². The fraction of sp³-hybridized carbons (Fsp3) is 0.414. The zero-order valence-corrected chi connectivity index (χ0v) is 23.3. The number of carbonyl (C=O) groups excluding carboxylic acids is 1. The van der Waals surface area contributed by atoms with Gasteiger partial charge in [0, 0.05) is 56.1 Å². The molecule has 1 aliphatic carbocycles. The normalized spacial score (nSPS) is 18.0. The van der Waals surface area contributed by atoms with Crippen LogP contribution in [0.25, 0.3) is 22.3 Å². The molecule has 232 valence electrons. The molecule has 4 aromatic rings. The summed E-state index contributed by atoms with van der Waals surface area (Å²) in [5.74, 6) is -1.27. The van der Waals surface area contributed by atoms with E-state index in [1.54, 1.807) is 6.20 Å². The highest BCUT2D eigenvalue weighted by Gasteiger charge is 2.69. The van der Waals surface area contributed by atoms with Crippen LogP contribution in [0, 0.1) is 11.2 Å². The Bertz CT molecular complexity index is 1710. The summed E-state index contributed by atoms with van der Waals surface area (Å²) in [6.45, 7) is 3.21. The van der Waals surface area contributed by atoms with Crippen LogP contribution in [-0.4, -0.2) is 73.0 Å². The van der Waals surface area contributed by atoms with Crippen LogP contribution in [0.5, 0.6) is 0 Å². The highest BCUT2D eigenvalue weighted by atomic mass is 19.4. The molecular formula is C29H26F7N7O. The average molecular weight is 622 g/mol. The van der Waals surface area contributed by atoms with Gasteiger partial charge in [0.2, 0.25) is 5.91 Å². The summed E-state index contributed by atoms with van der Waals surface area (Å²) in [5, 5.41) is 0. The maximum Gasteiger partial charge on any atom is 0.433 e. The van der Waals surface area contributed by atoms with E-state index in [0.717, 1.165) is 11.9 Å². The predicted octanol–water partition coefficient (Wildman–Crippen LogP) is 5.71. The summed E-state index contributed by atoms with van der Waals surface area (Å²) in [7, 11) is 0. The van der Waals surface area contributed by atoms with Crippen molar-refractivity contribution < 1.29 is 35.5 Å². The lowest BCUT2D eigenvalue weighted by molar-refractivity contribution is -0.199. The Morgan fingerprint density at radius 2 is 1.73 bits per heavy atom. The number of carbonyl (C=O) groups is 1. The molecule has 2 aliphatic rings. The van der Waals surface area contributed by atoms with Crippen LogP contribution in [0.15, 0.2) is 42.9 Å². The zero-order valence-electron chi connectivity index (χ0n) is 23.3. The number of fused-ring (bicyclic) bond motifs is 1. The number of aromatic amines is 1. The molecular weight excluding hydrogens is 595 g/mol. The van der Waals surface area contributed by atoms with E-state index in [9.17, 15) is 31.1 Å². The Hall–Kier alpha value is -4.14. The Kier molecular flexibility index (Phi) is 7.33. The third-order valence-electron chi connectivity index (χ3n) is 8.40. The van der Waals surface area contributed by atoms with Crippen molar-refractivity contribution in [2.24, 2.45) is 5.41 Å². The van der Waals surface area contributed by atoms with Gasteiger partial charge in [-0.1, -0.05) is 0 Å². The van der Waals surface area contributed by atoms with E-state index in [4.69, 9.17) is 0 Å². The molecule has 1 aromatic carbocycles. The van der Waals surface area contributed by atoms with Crippen molar-refractivity contribution in [3.05, 3.63) is 71.4 Å². The number of alkyl halides is 6. The van der Waals surface area contributed by atoms with Crippen LogP contribution in [0.3, 0.4) is 0 Å². The van der Waals surface area contributed by atoms with Crippen molar-refractivity contribution in [1.29, 1.82) is 0 Å². The van der Waals surface area contributed by atoms with Crippen molar-refractivity contribution in [2.75, 3.05) is 26.2 Å². The van der Waals surface area contributed by atoms with Crippen LogP contribution in [0.1, 0.15) is 48.6 Å². The van der Waals surface area contributed by atoms with Gasteiger partial charge in [-0.2, -0.15) is 26.3 Å². The zero-order chi connectivity index (χ0) is 31.4. The number of nitrogens with zero attached hydrogens (tertiary/aromatic N) is 6. The summed E-state index contributed by atoms with van der Waals surface area (Å²) in [5.41, 5.74) is -1.96. The first kappa shape index (κ1) is 29.9. The number of amides is 1. The number of pyridine rings is 1. The Labute approximate surface area is 246 Å². The van der Waals surface area contributed by atoms with Gasteiger partial charge < -0.3 is 9.88 Å². The molecule has 1 N–H and O–H groups in total. The fourth-order valence-corrected chi connectivity index (χ4v) is 5.63. The Morgan fingerprint density at radius 1 is 1.00 bits per heavy atom. The molecule has 0 spiro atoms. The van der Waals surface area contributed by atoms with Crippen molar-refractivity contribution in [3.8, 4) is 11.3 Å². The third kappa shape index (κ3) is 5.48. The monoisotopic (exact) mass is 621 g/mol. The lowest BCUT2D eigenvalue weighted by atomic mass is 10.0. The number of piperazine rings is 1. The van der Waals surface area contributed by atoms with E-state index >= 15 is 4.39 Å². The fourth-order valence-electron chi connectivity index (χ4n) is 5.63. The molecule has 1 saturated carbocycles. The molecule has 44 heavy (non-hydrogen) atoms. The van der Waals surface area contributed by atoms with E-state index in [2.05, 4.69) is 29.8 Å². The first-order valence-electron chi connectivity index (χ1n) is 13.9. The van der Waals surface area contributed by atoms with Crippen molar-refractivity contribution in [1.82, 2.24) is 34.7 Å². The minimum Gasteiger partial charge on any atom is -0.342 e. The van der Waals surface area contributed by atoms with Gasteiger partial charge in [0.25, 0.3) is 0 Å². The minimum atomic E-state index is -4.71. The second-order valence-corrected chi connectivity index (χ2v) is 11.1. The highest BCUT2D eigenvalue weighted by Crippen LogP contribution is 2.58. The van der Waals surface area contributed by atoms with E-state index in [1.165, 1.54) is 17.0 Å². The Balaban J connectivity index is 1.14. The van der Waals surface area contributed by atoms with E-state index in [1.807, 2.05) is 19.1 Å². The molecule has 1 unspecified atom stereocenters. The average Bonchev–Trinajstić information content (AvgIpc) is 3.72. The van der Waals surface area contributed by atoms with E-state index in [0.29, 0.717) is 36.2 Å².